The van der Waals surface area contributed by atoms with Crippen LogP contribution in [-0.2, 0) is 4.79 Å². The maximum absolute atomic E-state index is 11.6. The van der Waals surface area contributed by atoms with Crippen LogP contribution in [0.3, 0.4) is 0 Å². The molecule has 1 atom stereocenters. The highest BCUT2D eigenvalue weighted by atomic mass is 35.5. The molecule has 0 radical (unpaired) electrons. The molecule has 1 aromatic rings. The van der Waals surface area contributed by atoms with Crippen LogP contribution in [0, 0.1) is 0 Å². The van der Waals surface area contributed by atoms with Crippen molar-refractivity contribution in [3.8, 4) is 0 Å². The van der Waals surface area contributed by atoms with Crippen LogP contribution in [0.25, 0.3) is 0 Å². The van der Waals surface area contributed by atoms with Gasteiger partial charge in [-0.15, -0.1) is 0 Å². The summed E-state index contributed by atoms with van der Waals surface area (Å²) in [7, 11) is 0. The molecule has 88 valence electrons. The monoisotopic (exact) mass is 260 g/mol. The molecule has 0 saturated carbocycles. The number of carbonyl (C=O) groups is 1. The summed E-state index contributed by atoms with van der Waals surface area (Å²) >= 11 is 11.7. The van der Waals surface area contributed by atoms with Crippen molar-refractivity contribution in [3.05, 3.63) is 28.2 Å². The summed E-state index contributed by atoms with van der Waals surface area (Å²) in [6, 6.07) is 4.37. The van der Waals surface area contributed by atoms with E-state index >= 15 is 0 Å². The van der Waals surface area contributed by atoms with Gasteiger partial charge < -0.3 is 11.1 Å². The number of rotatable bonds is 4. The molecule has 0 aliphatic carbocycles. The van der Waals surface area contributed by atoms with Crippen LogP contribution in [0.5, 0.6) is 0 Å². The number of hydrogen-bond acceptors (Lipinski definition) is 2. The zero-order valence-electron chi connectivity index (χ0n) is 8.97. The van der Waals surface area contributed by atoms with Crippen LogP contribution < -0.4 is 11.1 Å². The molecule has 1 unspecified atom stereocenters. The topological polar surface area (TPSA) is 55.1 Å². The molecule has 3 nitrogen and oxygen atoms in total. The van der Waals surface area contributed by atoms with Gasteiger partial charge in [0.05, 0.1) is 16.8 Å². The Hall–Kier alpha value is -0.770. The second-order valence-electron chi connectivity index (χ2n) is 3.51. The van der Waals surface area contributed by atoms with Gasteiger partial charge in [0.2, 0.25) is 5.91 Å². The molecule has 5 heteroatoms. The van der Waals surface area contributed by atoms with E-state index in [1.54, 1.807) is 18.2 Å². The fourth-order valence-electron chi connectivity index (χ4n) is 1.26. The number of benzene rings is 1. The first-order valence-corrected chi connectivity index (χ1v) is 5.81. The number of hydrogen-bond donors (Lipinski definition) is 2. The molecule has 0 heterocycles. The Morgan fingerprint density at radius 1 is 1.50 bits per heavy atom. The molecule has 0 aliphatic rings. The molecular weight excluding hydrogens is 247 g/mol. The number of halogens is 2. The first-order chi connectivity index (χ1) is 7.54. The molecule has 0 bridgehead atoms. The van der Waals surface area contributed by atoms with Gasteiger partial charge in [-0.05, 0) is 24.6 Å². The Bertz CT molecular complexity index is 382. The fraction of sp³-hybridized carbons (Fsp3) is 0.364. The number of carbonyl (C=O) groups excluding carboxylic acids is 1. The summed E-state index contributed by atoms with van der Waals surface area (Å²) in [5, 5.41) is 3.62. The first-order valence-electron chi connectivity index (χ1n) is 5.06. The second kappa shape index (κ2) is 6.09. The van der Waals surface area contributed by atoms with Gasteiger partial charge in [-0.3, -0.25) is 4.79 Å². The average molecular weight is 261 g/mol. The third-order valence-electron chi connectivity index (χ3n) is 2.12. The van der Waals surface area contributed by atoms with Gasteiger partial charge in [-0.1, -0.05) is 36.5 Å². The van der Waals surface area contributed by atoms with Crippen LogP contribution in [0.4, 0.5) is 5.69 Å². The van der Waals surface area contributed by atoms with Crippen LogP contribution >= 0.6 is 23.2 Å². The molecule has 16 heavy (non-hydrogen) atoms. The summed E-state index contributed by atoms with van der Waals surface area (Å²) in [4.78, 5) is 11.6. The normalized spacial score (nSPS) is 12.2. The number of anilines is 1. The van der Waals surface area contributed by atoms with E-state index in [1.807, 2.05) is 6.92 Å². The minimum Gasteiger partial charge on any atom is -0.323 e. The highest BCUT2D eigenvalue weighted by molar-refractivity contribution is 6.35. The van der Waals surface area contributed by atoms with E-state index in [9.17, 15) is 4.79 Å². The summed E-state index contributed by atoms with van der Waals surface area (Å²) in [6.45, 7) is 1.97. The Kier molecular flexibility index (Phi) is 5.06. The molecule has 0 aliphatic heterocycles. The standard InChI is InChI=1S/C11H14Cl2N2O/c1-2-3-9(14)11(16)15-10-6-7(12)4-5-8(10)13/h4-6,9H,2-3,14H2,1H3,(H,15,16). The summed E-state index contributed by atoms with van der Waals surface area (Å²) in [6.07, 6.45) is 1.50. The molecule has 0 spiro atoms. The highest BCUT2D eigenvalue weighted by Gasteiger charge is 2.13. The zero-order valence-corrected chi connectivity index (χ0v) is 10.5. The van der Waals surface area contributed by atoms with E-state index < -0.39 is 6.04 Å². The van der Waals surface area contributed by atoms with Crippen LogP contribution in [-0.4, -0.2) is 11.9 Å². The van der Waals surface area contributed by atoms with Gasteiger partial charge in [0, 0.05) is 5.02 Å². The Morgan fingerprint density at radius 2 is 2.19 bits per heavy atom. The zero-order chi connectivity index (χ0) is 12.1. The van der Waals surface area contributed by atoms with E-state index in [0.717, 1.165) is 6.42 Å². The van der Waals surface area contributed by atoms with Crippen LogP contribution in [0.2, 0.25) is 10.0 Å². The van der Waals surface area contributed by atoms with Crippen molar-refractivity contribution >= 4 is 34.8 Å². The largest absolute Gasteiger partial charge is 0.323 e. The van der Waals surface area contributed by atoms with E-state index in [2.05, 4.69) is 5.32 Å². The predicted octanol–water partition coefficient (Wildman–Crippen LogP) is 3.06. The quantitative estimate of drug-likeness (QED) is 0.875. The Morgan fingerprint density at radius 3 is 2.81 bits per heavy atom. The molecule has 1 aromatic carbocycles. The van der Waals surface area contributed by atoms with E-state index in [-0.39, 0.29) is 5.91 Å². The maximum atomic E-state index is 11.6. The van der Waals surface area contributed by atoms with Crippen molar-refractivity contribution in [2.75, 3.05) is 5.32 Å². The highest BCUT2D eigenvalue weighted by Crippen LogP contribution is 2.25. The molecule has 0 aromatic heterocycles. The van der Waals surface area contributed by atoms with Crippen molar-refractivity contribution in [1.82, 2.24) is 0 Å². The maximum Gasteiger partial charge on any atom is 0.241 e. The summed E-state index contributed by atoms with van der Waals surface area (Å²) < 4.78 is 0. The van der Waals surface area contributed by atoms with E-state index in [0.29, 0.717) is 22.2 Å². The van der Waals surface area contributed by atoms with Crippen LogP contribution in [0.1, 0.15) is 19.8 Å². The first kappa shape index (κ1) is 13.3. The lowest BCUT2D eigenvalue weighted by Crippen LogP contribution is -2.35. The van der Waals surface area contributed by atoms with Gasteiger partial charge in [0.15, 0.2) is 0 Å². The SMILES string of the molecule is CCCC(N)C(=O)Nc1cc(Cl)ccc1Cl. The molecule has 0 saturated heterocycles. The third kappa shape index (κ3) is 3.67. The van der Waals surface area contributed by atoms with Gasteiger partial charge >= 0.3 is 0 Å². The summed E-state index contributed by atoms with van der Waals surface area (Å²) in [5.41, 5.74) is 6.17. The Balaban J connectivity index is 2.72. The predicted molar refractivity (Wildman–Crippen MR) is 68.0 cm³/mol. The molecule has 3 N–H and O–H groups in total. The number of amides is 1. The van der Waals surface area contributed by atoms with E-state index in [1.165, 1.54) is 0 Å². The number of nitrogens with one attached hydrogen (secondary N) is 1. The minimum atomic E-state index is -0.514. The van der Waals surface area contributed by atoms with Crippen molar-refractivity contribution in [3.63, 3.8) is 0 Å². The molecule has 1 rings (SSSR count). The van der Waals surface area contributed by atoms with Crippen molar-refractivity contribution in [2.24, 2.45) is 5.73 Å². The van der Waals surface area contributed by atoms with Gasteiger partial charge in [-0.25, -0.2) is 0 Å². The van der Waals surface area contributed by atoms with Crippen molar-refractivity contribution < 1.29 is 4.79 Å². The molecular formula is C11H14Cl2N2O. The van der Waals surface area contributed by atoms with Crippen molar-refractivity contribution in [1.29, 1.82) is 0 Å². The third-order valence-corrected chi connectivity index (χ3v) is 2.69. The molecule has 0 fully saturated rings. The summed E-state index contributed by atoms with van der Waals surface area (Å²) in [5.74, 6) is -0.244. The lowest BCUT2D eigenvalue weighted by atomic mass is 10.1. The average Bonchev–Trinajstić information content (AvgIpc) is 2.23. The van der Waals surface area contributed by atoms with Crippen LogP contribution in [0.15, 0.2) is 18.2 Å². The smallest absolute Gasteiger partial charge is 0.241 e. The van der Waals surface area contributed by atoms with Gasteiger partial charge in [0.1, 0.15) is 0 Å². The van der Waals surface area contributed by atoms with Crippen molar-refractivity contribution in [2.45, 2.75) is 25.8 Å². The second-order valence-corrected chi connectivity index (χ2v) is 4.35. The molecule has 1 amide bonds. The van der Waals surface area contributed by atoms with E-state index in [4.69, 9.17) is 28.9 Å². The minimum absolute atomic E-state index is 0.244. The lowest BCUT2D eigenvalue weighted by Gasteiger charge is -2.12. The van der Waals surface area contributed by atoms with Gasteiger partial charge in [-0.2, -0.15) is 0 Å². The van der Waals surface area contributed by atoms with Gasteiger partial charge in [0.25, 0.3) is 0 Å². The fourth-order valence-corrected chi connectivity index (χ4v) is 1.60. The number of nitrogens with two attached hydrogens (primary N) is 1. The Labute approximate surface area is 105 Å². The lowest BCUT2D eigenvalue weighted by molar-refractivity contribution is -0.117.